The molecule has 0 spiro atoms. The van der Waals surface area contributed by atoms with Crippen LogP contribution in [0.25, 0.3) is 6.08 Å². The number of benzene rings is 1. The van der Waals surface area contributed by atoms with Crippen molar-refractivity contribution in [2.24, 2.45) is 0 Å². The first-order valence-corrected chi connectivity index (χ1v) is 6.04. The second kappa shape index (κ2) is 4.35. The molecule has 0 aliphatic carbocycles. The number of allylic oxidation sites excluding steroid dienone is 1. The van der Waals surface area contributed by atoms with Gasteiger partial charge >= 0.3 is 0 Å². The van der Waals surface area contributed by atoms with Crippen molar-refractivity contribution in [3.8, 4) is 0 Å². The van der Waals surface area contributed by atoms with Crippen LogP contribution in [-0.4, -0.2) is 13.0 Å². The summed E-state index contributed by atoms with van der Waals surface area (Å²) in [6, 6.07) is 5.09. The topological polar surface area (TPSA) is 54.4 Å². The molecule has 0 aliphatic heterocycles. The third kappa shape index (κ3) is 3.34. The van der Waals surface area contributed by atoms with E-state index in [-0.39, 0.29) is 4.91 Å². The van der Waals surface area contributed by atoms with Crippen LogP contribution in [-0.2, 0) is 10.1 Å². The van der Waals surface area contributed by atoms with Gasteiger partial charge in [0.1, 0.15) is 0 Å². The summed E-state index contributed by atoms with van der Waals surface area (Å²) in [5.74, 6) is 0. The van der Waals surface area contributed by atoms with Crippen LogP contribution >= 0.6 is 11.6 Å². The largest absolute Gasteiger partial charge is 0.290 e. The molecule has 15 heavy (non-hydrogen) atoms. The number of halogens is 1. The molecule has 82 valence electrons. The molecule has 0 unspecified atom stereocenters. The Morgan fingerprint density at radius 2 is 2.07 bits per heavy atom. The maximum Gasteiger partial charge on any atom is 0.290 e. The first-order valence-electron chi connectivity index (χ1n) is 4.22. The molecule has 1 aromatic carbocycles. The minimum atomic E-state index is -4.10. The Bertz CT molecular complexity index is 503. The van der Waals surface area contributed by atoms with E-state index in [4.69, 9.17) is 16.2 Å². The number of aryl methyl sites for hydroxylation is 1. The van der Waals surface area contributed by atoms with E-state index in [0.717, 1.165) is 11.1 Å². The maximum atomic E-state index is 10.8. The molecule has 0 fully saturated rings. The monoisotopic (exact) mass is 246 g/mol. The smallest absolute Gasteiger partial charge is 0.282 e. The Balaban J connectivity index is 3.21. The van der Waals surface area contributed by atoms with Gasteiger partial charge in [0.15, 0.2) is 0 Å². The summed E-state index contributed by atoms with van der Waals surface area (Å²) in [5, 5.41) is 0.592. The van der Waals surface area contributed by atoms with E-state index in [2.05, 4.69) is 0 Å². The van der Waals surface area contributed by atoms with Gasteiger partial charge in [0.05, 0.1) is 4.91 Å². The van der Waals surface area contributed by atoms with E-state index < -0.39 is 10.1 Å². The number of hydrogen-bond acceptors (Lipinski definition) is 2. The Morgan fingerprint density at radius 1 is 1.47 bits per heavy atom. The lowest BCUT2D eigenvalue weighted by atomic mass is 10.1. The van der Waals surface area contributed by atoms with Crippen molar-refractivity contribution in [1.82, 2.24) is 0 Å². The number of rotatable bonds is 2. The van der Waals surface area contributed by atoms with Gasteiger partial charge in [-0.05, 0) is 43.2 Å². The molecule has 0 aliphatic rings. The van der Waals surface area contributed by atoms with E-state index in [1.807, 2.05) is 6.92 Å². The lowest BCUT2D eigenvalue weighted by molar-refractivity contribution is 0.491. The molecule has 0 saturated carbocycles. The van der Waals surface area contributed by atoms with Gasteiger partial charge in [0.25, 0.3) is 10.1 Å². The fraction of sp³-hybridized carbons (Fsp3) is 0.200. The summed E-state index contributed by atoms with van der Waals surface area (Å²) < 4.78 is 30.3. The first kappa shape index (κ1) is 12.2. The lowest BCUT2D eigenvalue weighted by Crippen LogP contribution is -1.98. The Labute approximate surface area is 94.1 Å². The second-order valence-corrected chi connectivity index (χ2v) is 5.26. The summed E-state index contributed by atoms with van der Waals surface area (Å²) in [5.41, 5.74) is 1.57. The molecule has 0 saturated heterocycles. The molecule has 0 radical (unpaired) electrons. The van der Waals surface area contributed by atoms with Crippen LogP contribution in [0.1, 0.15) is 18.1 Å². The van der Waals surface area contributed by atoms with Gasteiger partial charge in [-0.3, -0.25) is 4.55 Å². The van der Waals surface area contributed by atoms with E-state index in [9.17, 15) is 8.42 Å². The van der Waals surface area contributed by atoms with Crippen molar-refractivity contribution < 1.29 is 13.0 Å². The van der Waals surface area contributed by atoms with Crippen molar-refractivity contribution >= 4 is 27.8 Å². The normalized spacial score (nSPS) is 12.9. The van der Waals surface area contributed by atoms with Crippen LogP contribution in [0.5, 0.6) is 0 Å². The third-order valence-electron chi connectivity index (χ3n) is 2.00. The van der Waals surface area contributed by atoms with Gasteiger partial charge < -0.3 is 0 Å². The van der Waals surface area contributed by atoms with Crippen LogP contribution < -0.4 is 0 Å². The van der Waals surface area contributed by atoms with Gasteiger partial charge in [-0.15, -0.1) is 0 Å². The number of hydrogen-bond donors (Lipinski definition) is 1. The van der Waals surface area contributed by atoms with Crippen LogP contribution in [0.4, 0.5) is 0 Å². The maximum absolute atomic E-state index is 10.8. The molecular formula is C10H11ClO3S. The molecule has 5 heteroatoms. The minimum absolute atomic E-state index is 0.0899. The SMILES string of the molecule is CC(=Cc1ccc(Cl)cc1C)S(=O)(=O)O. The molecule has 0 heterocycles. The highest BCUT2D eigenvalue weighted by atomic mass is 35.5. The van der Waals surface area contributed by atoms with Gasteiger partial charge in [-0.2, -0.15) is 8.42 Å². The van der Waals surface area contributed by atoms with E-state index in [0.29, 0.717) is 5.02 Å². The average Bonchev–Trinajstić information content (AvgIpc) is 2.08. The van der Waals surface area contributed by atoms with Gasteiger partial charge in [0, 0.05) is 5.02 Å². The second-order valence-electron chi connectivity index (χ2n) is 3.23. The predicted octanol–water partition coefficient (Wildman–Crippen LogP) is 2.90. The Morgan fingerprint density at radius 3 is 2.53 bits per heavy atom. The fourth-order valence-corrected chi connectivity index (χ4v) is 1.60. The zero-order valence-electron chi connectivity index (χ0n) is 8.36. The molecule has 3 nitrogen and oxygen atoms in total. The summed E-state index contributed by atoms with van der Waals surface area (Å²) in [7, 11) is -4.10. The molecule has 0 aromatic heterocycles. The highest BCUT2D eigenvalue weighted by Gasteiger charge is 2.08. The van der Waals surface area contributed by atoms with Crippen LogP contribution in [0, 0.1) is 6.92 Å². The van der Waals surface area contributed by atoms with E-state index >= 15 is 0 Å². The summed E-state index contributed by atoms with van der Waals surface area (Å²) >= 11 is 5.76. The van der Waals surface area contributed by atoms with Crippen LogP contribution in [0.2, 0.25) is 5.02 Å². The molecule has 1 N–H and O–H groups in total. The van der Waals surface area contributed by atoms with Crippen molar-refractivity contribution in [1.29, 1.82) is 0 Å². The Kier molecular flexibility index (Phi) is 3.54. The zero-order chi connectivity index (χ0) is 11.6. The third-order valence-corrected chi connectivity index (χ3v) is 3.16. The van der Waals surface area contributed by atoms with Crippen LogP contribution in [0.3, 0.4) is 0 Å². The van der Waals surface area contributed by atoms with Crippen molar-refractivity contribution in [2.75, 3.05) is 0 Å². The molecule has 1 rings (SSSR count). The minimum Gasteiger partial charge on any atom is -0.282 e. The zero-order valence-corrected chi connectivity index (χ0v) is 9.93. The van der Waals surface area contributed by atoms with Crippen LogP contribution in [0.15, 0.2) is 23.1 Å². The standard InChI is InChI=1S/C10H11ClO3S/c1-7-5-10(11)4-3-9(7)6-8(2)15(12,13)14/h3-6H,1-2H3,(H,12,13,14). The highest BCUT2D eigenvalue weighted by molar-refractivity contribution is 7.89. The molecule has 0 atom stereocenters. The summed E-state index contributed by atoms with van der Waals surface area (Å²) in [6.45, 7) is 3.15. The summed E-state index contributed by atoms with van der Waals surface area (Å²) in [6.07, 6.45) is 1.40. The van der Waals surface area contributed by atoms with Gasteiger partial charge in [-0.25, -0.2) is 0 Å². The molecular weight excluding hydrogens is 236 g/mol. The van der Waals surface area contributed by atoms with Crippen molar-refractivity contribution in [3.63, 3.8) is 0 Å². The van der Waals surface area contributed by atoms with E-state index in [1.54, 1.807) is 18.2 Å². The first-order chi connectivity index (χ1) is 6.80. The van der Waals surface area contributed by atoms with Gasteiger partial charge in [-0.1, -0.05) is 17.7 Å². The average molecular weight is 247 g/mol. The highest BCUT2D eigenvalue weighted by Crippen LogP contribution is 2.18. The molecule has 1 aromatic rings. The predicted molar refractivity (Wildman–Crippen MR) is 61.4 cm³/mol. The summed E-state index contributed by atoms with van der Waals surface area (Å²) in [4.78, 5) is -0.0899. The van der Waals surface area contributed by atoms with E-state index in [1.165, 1.54) is 13.0 Å². The quantitative estimate of drug-likeness (QED) is 0.817. The van der Waals surface area contributed by atoms with Gasteiger partial charge in [0.2, 0.25) is 0 Å². The van der Waals surface area contributed by atoms with Crippen molar-refractivity contribution in [2.45, 2.75) is 13.8 Å². The molecule has 0 amide bonds. The Hall–Kier alpha value is -0.840. The lowest BCUT2D eigenvalue weighted by Gasteiger charge is -2.02. The molecule has 0 bridgehead atoms. The fourth-order valence-electron chi connectivity index (χ4n) is 1.09. The van der Waals surface area contributed by atoms with Crippen molar-refractivity contribution in [3.05, 3.63) is 39.3 Å².